The number of hydrogen-bond donors (Lipinski definition) is 0. The van der Waals surface area contributed by atoms with Crippen LogP contribution in [0.2, 0.25) is 0 Å². The van der Waals surface area contributed by atoms with E-state index < -0.39 is 6.70 Å². The third-order valence-electron chi connectivity index (χ3n) is 0.674. The molecular weight excluding hydrogens is 151 g/mol. The second-order valence-corrected chi connectivity index (χ2v) is 5.94. The monoisotopic (exact) mass is 156 g/mol. The predicted octanol–water partition coefficient (Wildman–Crippen LogP) is 2.60. The summed E-state index contributed by atoms with van der Waals surface area (Å²) in [4.78, 5) is 0. The maximum atomic E-state index is 5.61. The van der Waals surface area contributed by atoms with Gasteiger partial charge >= 0.3 is 0 Å². The Balaban J connectivity index is 2.26. The Kier molecular flexibility index (Phi) is 2.23. The van der Waals surface area contributed by atoms with Crippen LogP contribution in [0.25, 0.3) is 0 Å². The average molecular weight is 157 g/mol. The van der Waals surface area contributed by atoms with Crippen LogP contribution in [0.4, 0.5) is 0 Å². The van der Waals surface area contributed by atoms with E-state index in [9.17, 15) is 0 Å². The summed E-state index contributed by atoms with van der Waals surface area (Å²) in [5.74, 6) is 1.06. The second kappa shape index (κ2) is 2.54. The number of rotatable bonds is 0. The van der Waals surface area contributed by atoms with Crippen LogP contribution in [-0.4, -0.2) is 11.9 Å². The molecule has 1 fully saturated rings. The van der Waals surface area contributed by atoms with Gasteiger partial charge in [-0.15, -0.1) is 0 Å². The maximum Gasteiger partial charge on any atom is 0.188 e. The van der Waals surface area contributed by atoms with Gasteiger partial charge in [0.1, 0.15) is 0 Å². The quantitative estimate of drug-likeness (QED) is 0.499. The lowest BCUT2D eigenvalue weighted by Crippen LogP contribution is -1.97. The molecule has 1 nitrogen and oxygen atoms in total. The van der Waals surface area contributed by atoms with Crippen LogP contribution in [0, 0.1) is 0 Å². The van der Waals surface area contributed by atoms with Crippen molar-refractivity contribution in [1.29, 1.82) is 0 Å². The molecule has 0 saturated carbocycles. The summed E-state index contributed by atoms with van der Waals surface area (Å²) in [6.45, 7) is 1.42. The Morgan fingerprint density at radius 2 is 2.71 bits per heavy atom. The van der Waals surface area contributed by atoms with Crippen molar-refractivity contribution >= 4 is 29.3 Å². The molecule has 0 radical (unpaired) electrons. The van der Waals surface area contributed by atoms with Crippen molar-refractivity contribution < 1.29 is 4.52 Å². The fourth-order valence-corrected chi connectivity index (χ4v) is 3.80. The molecule has 1 rings (SSSR count). The molecule has 0 spiro atoms. The van der Waals surface area contributed by atoms with E-state index >= 15 is 0 Å². The molecule has 42 valence electrons. The summed E-state index contributed by atoms with van der Waals surface area (Å²) >= 11 is 7.33. The zero-order valence-electron chi connectivity index (χ0n) is 3.93. The van der Waals surface area contributed by atoms with Crippen molar-refractivity contribution in [3.8, 4) is 0 Å². The van der Waals surface area contributed by atoms with Crippen molar-refractivity contribution in [2.24, 2.45) is 0 Å². The highest BCUT2D eigenvalue weighted by molar-refractivity contribution is 8.61. The standard InChI is InChI=1S/C3H6ClOPS/c1-3-2-7-6(4)5-3/h3H,2H2,1H3. The largest absolute Gasteiger partial charge is 0.331 e. The molecule has 0 aromatic rings. The summed E-state index contributed by atoms with van der Waals surface area (Å²) in [6.07, 6.45) is 0.383. The molecule has 0 amide bonds. The van der Waals surface area contributed by atoms with Gasteiger partial charge in [-0.05, 0) is 6.92 Å². The van der Waals surface area contributed by atoms with Crippen molar-refractivity contribution in [2.75, 3.05) is 5.75 Å². The molecule has 1 aliphatic rings. The van der Waals surface area contributed by atoms with E-state index in [1.165, 1.54) is 0 Å². The highest BCUT2D eigenvalue weighted by atomic mass is 35.7. The van der Waals surface area contributed by atoms with Gasteiger partial charge in [0.05, 0.1) is 6.10 Å². The van der Waals surface area contributed by atoms with E-state index in [0.29, 0.717) is 6.10 Å². The molecule has 0 aliphatic carbocycles. The normalized spacial score (nSPS) is 42.0. The molecule has 0 N–H and O–H groups in total. The van der Waals surface area contributed by atoms with Crippen LogP contribution in [0.15, 0.2) is 0 Å². The Morgan fingerprint density at radius 1 is 2.00 bits per heavy atom. The van der Waals surface area contributed by atoms with E-state index in [4.69, 9.17) is 15.8 Å². The van der Waals surface area contributed by atoms with Gasteiger partial charge in [0.2, 0.25) is 0 Å². The Hall–Kier alpha value is 1.03. The molecule has 0 aromatic carbocycles. The van der Waals surface area contributed by atoms with E-state index in [1.54, 1.807) is 11.4 Å². The first-order chi connectivity index (χ1) is 3.29. The van der Waals surface area contributed by atoms with Crippen molar-refractivity contribution in [1.82, 2.24) is 0 Å². The van der Waals surface area contributed by atoms with Crippen LogP contribution in [-0.2, 0) is 4.52 Å². The SMILES string of the molecule is CC1CSP(Cl)O1. The van der Waals surface area contributed by atoms with Crippen LogP contribution in [0.5, 0.6) is 0 Å². The summed E-state index contributed by atoms with van der Waals surface area (Å²) in [5.41, 5.74) is 0. The van der Waals surface area contributed by atoms with Gasteiger partial charge in [-0.2, -0.15) is 0 Å². The van der Waals surface area contributed by atoms with Gasteiger partial charge in [-0.25, -0.2) is 0 Å². The lowest BCUT2D eigenvalue weighted by atomic mass is 10.5. The van der Waals surface area contributed by atoms with Gasteiger partial charge in [0.25, 0.3) is 0 Å². The number of hydrogen-bond acceptors (Lipinski definition) is 2. The van der Waals surface area contributed by atoms with Crippen LogP contribution in [0.3, 0.4) is 0 Å². The lowest BCUT2D eigenvalue weighted by molar-refractivity contribution is 0.295. The molecule has 7 heavy (non-hydrogen) atoms. The molecule has 2 atom stereocenters. The minimum absolute atomic E-state index is 0.383. The molecule has 1 saturated heterocycles. The average Bonchev–Trinajstić information content (AvgIpc) is 1.87. The second-order valence-electron chi connectivity index (χ2n) is 1.42. The fraction of sp³-hybridized carbons (Fsp3) is 1.00. The van der Waals surface area contributed by atoms with Gasteiger partial charge < -0.3 is 4.52 Å². The topological polar surface area (TPSA) is 9.23 Å². The minimum Gasteiger partial charge on any atom is -0.331 e. The van der Waals surface area contributed by atoms with Crippen LogP contribution in [0.1, 0.15) is 6.92 Å². The first-order valence-corrected chi connectivity index (χ1v) is 5.80. The Labute approximate surface area is 53.1 Å². The molecule has 1 aliphatic heterocycles. The zero-order valence-corrected chi connectivity index (χ0v) is 6.39. The highest BCUT2D eigenvalue weighted by Gasteiger charge is 2.19. The summed E-state index contributed by atoms with van der Waals surface area (Å²) < 4.78 is 5.15. The van der Waals surface area contributed by atoms with Gasteiger partial charge in [0, 0.05) is 5.75 Å². The highest BCUT2D eigenvalue weighted by Crippen LogP contribution is 2.61. The third kappa shape index (κ3) is 1.77. The van der Waals surface area contributed by atoms with Gasteiger partial charge in [-0.1, -0.05) is 22.6 Å². The van der Waals surface area contributed by atoms with E-state index in [1.807, 2.05) is 6.92 Å². The third-order valence-corrected chi connectivity index (χ3v) is 4.45. The Morgan fingerprint density at radius 3 is 2.86 bits per heavy atom. The Bertz CT molecular complexity index is 64.0. The van der Waals surface area contributed by atoms with Crippen LogP contribution >= 0.6 is 29.3 Å². The molecule has 0 aromatic heterocycles. The first-order valence-electron chi connectivity index (χ1n) is 2.04. The van der Waals surface area contributed by atoms with Crippen molar-refractivity contribution in [2.45, 2.75) is 13.0 Å². The molecule has 1 heterocycles. The van der Waals surface area contributed by atoms with Crippen molar-refractivity contribution in [3.63, 3.8) is 0 Å². The number of halogens is 1. The van der Waals surface area contributed by atoms with Crippen LogP contribution < -0.4 is 0 Å². The molecule has 0 bridgehead atoms. The van der Waals surface area contributed by atoms with E-state index in [-0.39, 0.29) is 0 Å². The zero-order chi connectivity index (χ0) is 5.28. The fourth-order valence-electron chi connectivity index (χ4n) is 0.366. The summed E-state index contributed by atoms with van der Waals surface area (Å²) in [6, 6.07) is 0. The predicted molar refractivity (Wildman–Crippen MR) is 35.8 cm³/mol. The molecule has 4 heteroatoms. The van der Waals surface area contributed by atoms with Gasteiger partial charge in [0.15, 0.2) is 6.70 Å². The minimum atomic E-state index is -0.615. The molecule has 2 unspecified atom stereocenters. The van der Waals surface area contributed by atoms with E-state index in [0.717, 1.165) is 5.75 Å². The maximum absolute atomic E-state index is 5.61. The summed E-state index contributed by atoms with van der Waals surface area (Å²) in [5, 5.41) is 0. The first kappa shape index (κ1) is 6.15. The van der Waals surface area contributed by atoms with E-state index in [2.05, 4.69) is 0 Å². The van der Waals surface area contributed by atoms with Gasteiger partial charge in [-0.3, -0.25) is 0 Å². The summed E-state index contributed by atoms with van der Waals surface area (Å²) in [7, 11) is 0. The van der Waals surface area contributed by atoms with Crippen molar-refractivity contribution in [3.05, 3.63) is 0 Å². The molecular formula is C3H6ClOPS. The smallest absolute Gasteiger partial charge is 0.188 e. The lowest BCUT2D eigenvalue weighted by Gasteiger charge is -1.96.